The van der Waals surface area contributed by atoms with Crippen LogP contribution < -0.4 is 9.47 Å². The second kappa shape index (κ2) is 11.6. The van der Waals surface area contributed by atoms with Crippen molar-refractivity contribution in [1.82, 2.24) is 0 Å². The predicted molar refractivity (Wildman–Crippen MR) is 145 cm³/mol. The van der Waals surface area contributed by atoms with Crippen molar-refractivity contribution in [2.75, 3.05) is 7.11 Å². The molecule has 0 bridgehead atoms. The van der Waals surface area contributed by atoms with E-state index >= 15 is 0 Å². The average molecular weight is 606 g/mol. The third kappa shape index (κ3) is 6.46. The Morgan fingerprint density at radius 3 is 2.03 bits per heavy atom. The fourth-order valence-electron chi connectivity index (χ4n) is 3.89. The lowest BCUT2D eigenvalue weighted by molar-refractivity contribution is -0.136. The summed E-state index contributed by atoms with van der Waals surface area (Å²) in [6, 6.07) is 15.1. The summed E-state index contributed by atoms with van der Waals surface area (Å²) in [7, 11) is 1.62. The monoisotopic (exact) mass is 604 g/mol. The van der Waals surface area contributed by atoms with Gasteiger partial charge < -0.3 is 19.7 Å². The first-order valence-corrected chi connectivity index (χ1v) is 13.0. The molecule has 1 atom stereocenters. The van der Waals surface area contributed by atoms with Crippen molar-refractivity contribution in [3.63, 3.8) is 0 Å². The van der Waals surface area contributed by atoms with Gasteiger partial charge in [-0.2, -0.15) is 0 Å². The van der Waals surface area contributed by atoms with Gasteiger partial charge in [-0.15, -0.1) is 0 Å². The summed E-state index contributed by atoms with van der Waals surface area (Å²) < 4.78 is 13.3. The molecular weight excluding hydrogens is 576 g/mol. The lowest BCUT2D eigenvalue weighted by Gasteiger charge is -2.22. The summed E-state index contributed by atoms with van der Waals surface area (Å²) in [6.45, 7) is 8.36. The number of carboxylic acid groups (broad SMARTS) is 1. The highest BCUT2D eigenvalue weighted by molar-refractivity contribution is 9.11. The smallest absolute Gasteiger partial charge is 0.307 e. The third-order valence-corrected chi connectivity index (χ3v) is 6.98. The largest absolute Gasteiger partial charge is 0.496 e. The van der Waals surface area contributed by atoms with Crippen LogP contribution in [0.4, 0.5) is 0 Å². The van der Waals surface area contributed by atoms with Crippen molar-refractivity contribution in [1.29, 1.82) is 0 Å². The van der Waals surface area contributed by atoms with Crippen LogP contribution in [0.1, 0.15) is 73.5 Å². The zero-order valence-electron chi connectivity index (χ0n) is 20.4. The molecule has 1 unspecified atom stereocenters. The molecule has 35 heavy (non-hydrogen) atoms. The molecule has 0 saturated heterocycles. The molecule has 5 nitrogen and oxygen atoms in total. The molecule has 3 aromatic carbocycles. The summed E-state index contributed by atoms with van der Waals surface area (Å²) >= 11 is 7.04. The van der Waals surface area contributed by atoms with Crippen LogP contribution in [-0.2, 0) is 11.2 Å². The first kappa shape index (κ1) is 27.2. The first-order chi connectivity index (χ1) is 16.5. The molecular formula is C28H30Br2O5. The number of halogens is 2. The molecule has 3 aromatic rings. The number of carboxylic acids is 1. The van der Waals surface area contributed by atoms with Crippen molar-refractivity contribution in [2.24, 2.45) is 0 Å². The van der Waals surface area contributed by atoms with Gasteiger partial charge in [-0.3, -0.25) is 4.79 Å². The van der Waals surface area contributed by atoms with Gasteiger partial charge >= 0.3 is 5.97 Å². The van der Waals surface area contributed by atoms with Gasteiger partial charge in [0, 0.05) is 11.1 Å². The third-order valence-electron chi connectivity index (χ3n) is 5.80. The highest BCUT2D eigenvalue weighted by Gasteiger charge is 2.23. The quantitative estimate of drug-likeness (QED) is 0.259. The number of rotatable bonds is 9. The number of benzene rings is 3. The second-order valence-electron chi connectivity index (χ2n) is 9.08. The van der Waals surface area contributed by atoms with Gasteiger partial charge in [-0.1, -0.05) is 52.0 Å². The van der Waals surface area contributed by atoms with E-state index in [2.05, 4.69) is 59.6 Å². The number of aliphatic hydroxyl groups is 1. The molecule has 7 heteroatoms. The van der Waals surface area contributed by atoms with Crippen LogP contribution in [-0.4, -0.2) is 23.3 Å². The van der Waals surface area contributed by atoms with E-state index in [0.29, 0.717) is 43.2 Å². The Balaban J connectivity index is 2.14. The highest BCUT2D eigenvalue weighted by Crippen LogP contribution is 2.44. The van der Waals surface area contributed by atoms with E-state index in [9.17, 15) is 9.90 Å². The van der Waals surface area contributed by atoms with E-state index in [1.54, 1.807) is 19.2 Å². The molecule has 0 aromatic heterocycles. The maximum absolute atomic E-state index is 11.5. The number of carbonyl (C=O) groups is 1. The van der Waals surface area contributed by atoms with E-state index in [4.69, 9.17) is 14.6 Å². The van der Waals surface area contributed by atoms with Gasteiger partial charge in [0.25, 0.3) is 0 Å². The summed E-state index contributed by atoms with van der Waals surface area (Å²) in [5, 5.41) is 20.6. The molecule has 0 aliphatic heterocycles. The van der Waals surface area contributed by atoms with E-state index in [1.807, 2.05) is 36.4 Å². The lowest BCUT2D eigenvalue weighted by Crippen LogP contribution is -2.06. The normalized spacial score (nSPS) is 12.2. The van der Waals surface area contributed by atoms with Crippen LogP contribution >= 0.6 is 31.9 Å². The molecule has 0 fully saturated rings. The zero-order valence-corrected chi connectivity index (χ0v) is 23.6. The van der Waals surface area contributed by atoms with Gasteiger partial charge in [0.2, 0.25) is 0 Å². The number of ether oxygens (including phenoxy) is 2. The van der Waals surface area contributed by atoms with Crippen molar-refractivity contribution in [3.8, 4) is 17.2 Å². The molecule has 0 aliphatic carbocycles. The summed E-state index contributed by atoms with van der Waals surface area (Å²) in [5.41, 5.74) is 4.04. The average Bonchev–Trinajstić information content (AvgIpc) is 2.80. The van der Waals surface area contributed by atoms with E-state index < -0.39 is 12.1 Å². The van der Waals surface area contributed by atoms with E-state index in [-0.39, 0.29) is 12.3 Å². The summed E-state index contributed by atoms with van der Waals surface area (Å²) in [5.74, 6) is 1.23. The summed E-state index contributed by atoms with van der Waals surface area (Å²) in [4.78, 5) is 11.1. The minimum absolute atomic E-state index is 0.104. The Morgan fingerprint density at radius 2 is 1.49 bits per heavy atom. The molecule has 0 amide bonds. The van der Waals surface area contributed by atoms with Crippen molar-refractivity contribution in [3.05, 3.63) is 85.3 Å². The van der Waals surface area contributed by atoms with Gasteiger partial charge in [0.1, 0.15) is 17.6 Å². The molecule has 186 valence electrons. The van der Waals surface area contributed by atoms with Crippen LogP contribution in [0.5, 0.6) is 17.2 Å². The van der Waals surface area contributed by atoms with Gasteiger partial charge in [0.15, 0.2) is 5.75 Å². The van der Waals surface area contributed by atoms with Gasteiger partial charge in [-0.05, 0) is 84.7 Å². The van der Waals surface area contributed by atoms with Gasteiger partial charge in [-0.25, -0.2) is 0 Å². The fourth-order valence-corrected chi connectivity index (χ4v) is 5.33. The van der Waals surface area contributed by atoms with Crippen LogP contribution in [0.15, 0.2) is 57.5 Å². The van der Waals surface area contributed by atoms with Crippen molar-refractivity contribution in [2.45, 2.75) is 52.1 Å². The van der Waals surface area contributed by atoms with Gasteiger partial charge in [0.05, 0.1) is 22.5 Å². The minimum Gasteiger partial charge on any atom is -0.496 e. The molecule has 0 aliphatic rings. The van der Waals surface area contributed by atoms with Crippen molar-refractivity contribution >= 4 is 37.8 Å². The SMILES string of the molecule is COc1cc(C(O)c2cccc(C(C)C)c2)c(Oc2c(Br)cc(CC(=O)O)cc2Br)cc1C(C)C. The molecule has 0 heterocycles. The second-order valence-corrected chi connectivity index (χ2v) is 10.8. The number of aliphatic carboxylic acids is 1. The molecule has 0 spiro atoms. The molecule has 3 rings (SSSR count). The maximum Gasteiger partial charge on any atom is 0.307 e. The number of hydrogen-bond acceptors (Lipinski definition) is 4. The van der Waals surface area contributed by atoms with E-state index in [0.717, 1.165) is 16.7 Å². The molecule has 0 saturated carbocycles. The zero-order chi connectivity index (χ0) is 25.9. The summed E-state index contributed by atoms with van der Waals surface area (Å²) in [6.07, 6.45) is -1.05. The topological polar surface area (TPSA) is 76.0 Å². The Labute approximate surface area is 223 Å². The standard InChI is InChI=1S/C28H30Br2O5/c1-15(2)18-7-6-8-19(12-18)27(33)21-14-24(34-5)20(16(3)4)13-25(21)35-28-22(29)9-17(10-23(28)30)11-26(31)32/h6-10,12-16,27,33H,11H2,1-5H3,(H,31,32). The number of methoxy groups -OCH3 is 1. The first-order valence-electron chi connectivity index (χ1n) is 11.4. The minimum atomic E-state index is -0.942. The number of aliphatic hydroxyl groups excluding tert-OH is 1. The van der Waals surface area contributed by atoms with Crippen molar-refractivity contribution < 1.29 is 24.5 Å². The Bertz CT molecular complexity index is 1200. The van der Waals surface area contributed by atoms with Crippen LogP contribution in [0.3, 0.4) is 0 Å². The fraction of sp³-hybridized carbons (Fsp3) is 0.321. The Hall–Kier alpha value is -2.35. The van der Waals surface area contributed by atoms with E-state index in [1.165, 1.54) is 0 Å². The highest BCUT2D eigenvalue weighted by atomic mass is 79.9. The Morgan fingerprint density at radius 1 is 0.886 bits per heavy atom. The predicted octanol–water partition coefficient (Wildman–Crippen LogP) is 7.97. The number of hydrogen-bond donors (Lipinski definition) is 2. The maximum atomic E-state index is 11.5. The van der Waals surface area contributed by atoms with Crippen LogP contribution in [0.2, 0.25) is 0 Å². The molecule has 2 N–H and O–H groups in total. The lowest BCUT2D eigenvalue weighted by atomic mass is 9.92. The Kier molecular flexibility index (Phi) is 9.02. The molecule has 0 radical (unpaired) electrons. The van der Waals surface area contributed by atoms with Crippen LogP contribution in [0.25, 0.3) is 0 Å². The van der Waals surface area contributed by atoms with Crippen LogP contribution in [0, 0.1) is 0 Å².